The number of rotatable bonds is 3. The molecule has 1 amide bonds. The Hall–Kier alpha value is -2.97. The van der Waals surface area contributed by atoms with Crippen LogP contribution in [-0.2, 0) is 6.18 Å². The molecule has 0 fully saturated rings. The van der Waals surface area contributed by atoms with Gasteiger partial charge in [0.1, 0.15) is 5.69 Å². The molecule has 23 heavy (non-hydrogen) atoms. The third kappa shape index (κ3) is 3.62. The zero-order valence-corrected chi connectivity index (χ0v) is 11.7. The van der Waals surface area contributed by atoms with Crippen LogP contribution in [0, 0.1) is 17.0 Å². The van der Waals surface area contributed by atoms with Gasteiger partial charge in [-0.1, -0.05) is 6.07 Å². The SMILES string of the molecule is Cc1c(NC(=O)c2ccc(C(F)(F)F)nc2)cccc1[N+](=O)[O-]. The highest BCUT2D eigenvalue weighted by Crippen LogP contribution is 2.28. The first-order chi connectivity index (χ1) is 10.7. The van der Waals surface area contributed by atoms with Crippen LogP contribution >= 0.6 is 0 Å². The van der Waals surface area contributed by atoms with Crippen LogP contribution in [0.5, 0.6) is 0 Å². The van der Waals surface area contributed by atoms with Gasteiger partial charge in [-0.2, -0.15) is 13.2 Å². The maximum absolute atomic E-state index is 12.4. The van der Waals surface area contributed by atoms with Gasteiger partial charge in [-0.05, 0) is 25.1 Å². The van der Waals surface area contributed by atoms with E-state index in [1.165, 1.54) is 25.1 Å². The fraction of sp³-hybridized carbons (Fsp3) is 0.143. The highest BCUT2D eigenvalue weighted by atomic mass is 19.4. The monoisotopic (exact) mass is 325 g/mol. The smallest absolute Gasteiger partial charge is 0.321 e. The number of nitro groups is 1. The summed E-state index contributed by atoms with van der Waals surface area (Å²) in [7, 11) is 0. The molecule has 1 aromatic heterocycles. The van der Waals surface area contributed by atoms with E-state index in [2.05, 4.69) is 10.3 Å². The third-order valence-corrected chi connectivity index (χ3v) is 3.07. The first-order valence-electron chi connectivity index (χ1n) is 6.29. The van der Waals surface area contributed by atoms with Gasteiger partial charge in [0.05, 0.1) is 21.7 Å². The standard InChI is InChI=1S/C14H10F3N3O3/c1-8-10(3-2-4-11(8)20(22)23)19-13(21)9-5-6-12(18-7-9)14(15,16)17/h2-7H,1H3,(H,19,21). The summed E-state index contributed by atoms with van der Waals surface area (Å²) in [5.41, 5.74) is -0.937. The van der Waals surface area contributed by atoms with Gasteiger partial charge in [0, 0.05) is 12.3 Å². The number of hydrogen-bond acceptors (Lipinski definition) is 4. The van der Waals surface area contributed by atoms with Crippen LogP contribution in [0.1, 0.15) is 21.6 Å². The Kier molecular flexibility index (Phi) is 4.30. The summed E-state index contributed by atoms with van der Waals surface area (Å²) in [6.07, 6.45) is -3.80. The van der Waals surface area contributed by atoms with Gasteiger partial charge in [-0.3, -0.25) is 19.9 Å². The molecule has 2 rings (SSSR count). The maximum Gasteiger partial charge on any atom is 0.433 e. The zero-order valence-electron chi connectivity index (χ0n) is 11.7. The quantitative estimate of drug-likeness (QED) is 0.690. The minimum absolute atomic E-state index is 0.0936. The minimum atomic E-state index is -4.59. The number of alkyl halides is 3. The number of anilines is 1. The number of benzene rings is 1. The molecule has 0 aliphatic rings. The van der Waals surface area contributed by atoms with E-state index in [0.717, 1.165) is 12.3 Å². The molecule has 1 aromatic carbocycles. The van der Waals surface area contributed by atoms with Gasteiger partial charge in [0.25, 0.3) is 11.6 Å². The molecule has 0 saturated carbocycles. The molecule has 0 aliphatic heterocycles. The first-order valence-corrected chi connectivity index (χ1v) is 6.29. The van der Waals surface area contributed by atoms with E-state index in [1.54, 1.807) is 0 Å². The van der Waals surface area contributed by atoms with Crippen LogP contribution in [0.25, 0.3) is 0 Å². The molecule has 1 heterocycles. The Balaban J connectivity index is 2.23. The Morgan fingerprint density at radius 2 is 1.96 bits per heavy atom. The van der Waals surface area contributed by atoms with Gasteiger partial charge in [-0.25, -0.2) is 0 Å². The summed E-state index contributed by atoms with van der Waals surface area (Å²) >= 11 is 0. The lowest BCUT2D eigenvalue weighted by Gasteiger charge is -2.09. The number of carbonyl (C=O) groups excluding carboxylic acids is 1. The molecule has 0 saturated heterocycles. The summed E-state index contributed by atoms with van der Waals surface area (Å²) in [5, 5.41) is 13.3. The summed E-state index contributed by atoms with van der Waals surface area (Å²) in [6.45, 7) is 1.46. The molecule has 2 aromatic rings. The van der Waals surface area contributed by atoms with E-state index in [0.29, 0.717) is 6.07 Å². The van der Waals surface area contributed by atoms with Crippen molar-refractivity contribution >= 4 is 17.3 Å². The lowest BCUT2D eigenvalue weighted by atomic mass is 10.1. The van der Waals surface area contributed by atoms with Crippen molar-refractivity contribution in [2.45, 2.75) is 13.1 Å². The molecular formula is C14H10F3N3O3. The number of aromatic nitrogens is 1. The van der Waals surface area contributed by atoms with E-state index in [4.69, 9.17) is 0 Å². The topological polar surface area (TPSA) is 85.1 Å². The normalized spacial score (nSPS) is 11.1. The fourth-order valence-corrected chi connectivity index (χ4v) is 1.85. The van der Waals surface area contributed by atoms with Crippen molar-refractivity contribution in [1.29, 1.82) is 0 Å². The summed E-state index contributed by atoms with van der Waals surface area (Å²) < 4.78 is 37.2. The first kappa shape index (κ1) is 16.4. The lowest BCUT2D eigenvalue weighted by molar-refractivity contribution is -0.385. The lowest BCUT2D eigenvalue weighted by Crippen LogP contribution is -2.15. The van der Waals surface area contributed by atoms with Gasteiger partial charge in [0.15, 0.2) is 0 Å². The number of nitro benzene ring substituents is 1. The van der Waals surface area contributed by atoms with Crippen LogP contribution in [-0.4, -0.2) is 15.8 Å². The van der Waals surface area contributed by atoms with Crippen molar-refractivity contribution in [3.8, 4) is 0 Å². The van der Waals surface area contributed by atoms with Crippen LogP contribution in [0.4, 0.5) is 24.5 Å². The molecule has 0 unspecified atom stereocenters. The van der Waals surface area contributed by atoms with E-state index < -0.39 is 22.7 Å². The number of amides is 1. The van der Waals surface area contributed by atoms with Crippen LogP contribution < -0.4 is 5.32 Å². The van der Waals surface area contributed by atoms with Crippen molar-refractivity contribution in [2.24, 2.45) is 0 Å². The molecule has 6 nitrogen and oxygen atoms in total. The molecule has 120 valence electrons. The van der Waals surface area contributed by atoms with Crippen LogP contribution in [0.15, 0.2) is 36.5 Å². The summed E-state index contributed by atoms with van der Waals surface area (Å²) in [4.78, 5) is 25.4. The molecule has 9 heteroatoms. The second kappa shape index (κ2) is 6.03. The number of nitrogens with zero attached hydrogens (tertiary/aromatic N) is 2. The average molecular weight is 325 g/mol. The molecule has 0 aliphatic carbocycles. The predicted molar refractivity (Wildman–Crippen MR) is 75.0 cm³/mol. The van der Waals surface area contributed by atoms with Gasteiger partial charge < -0.3 is 5.32 Å². The number of carbonyl (C=O) groups is 1. The maximum atomic E-state index is 12.4. The van der Waals surface area contributed by atoms with Crippen molar-refractivity contribution in [3.05, 3.63) is 63.5 Å². The molecule has 0 spiro atoms. The Bertz CT molecular complexity index is 758. The largest absolute Gasteiger partial charge is 0.433 e. The highest BCUT2D eigenvalue weighted by Gasteiger charge is 2.32. The van der Waals surface area contributed by atoms with Crippen LogP contribution in [0.3, 0.4) is 0 Å². The number of halogens is 3. The van der Waals surface area contributed by atoms with Gasteiger partial charge in [0.2, 0.25) is 0 Å². The molecule has 1 N–H and O–H groups in total. The molecule has 0 radical (unpaired) electrons. The van der Waals surface area contributed by atoms with E-state index >= 15 is 0 Å². The number of hydrogen-bond donors (Lipinski definition) is 1. The second-order valence-electron chi connectivity index (χ2n) is 4.59. The van der Waals surface area contributed by atoms with Crippen molar-refractivity contribution in [2.75, 3.05) is 5.32 Å². The fourth-order valence-electron chi connectivity index (χ4n) is 1.85. The second-order valence-corrected chi connectivity index (χ2v) is 4.59. The van der Waals surface area contributed by atoms with Crippen LogP contribution in [0.2, 0.25) is 0 Å². The van der Waals surface area contributed by atoms with Crippen molar-refractivity contribution in [3.63, 3.8) is 0 Å². The zero-order chi connectivity index (χ0) is 17.2. The summed E-state index contributed by atoms with van der Waals surface area (Å²) in [6, 6.07) is 5.81. The van der Waals surface area contributed by atoms with Gasteiger partial charge >= 0.3 is 6.18 Å². The predicted octanol–water partition coefficient (Wildman–Crippen LogP) is 3.57. The van der Waals surface area contributed by atoms with Gasteiger partial charge in [-0.15, -0.1) is 0 Å². The number of pyridine rings is 1. The Labute approximate surface area is 128 Å². The minimum Gasteiger partial charge on any atom is -0.321 e. The molecular weight excluding hydrogens is 315 g/mol. The number of nitrogens with one attached hydrogen (secondary N) is 1. The third-order valence-electron chi connectivity index (χ3n) is 3.07. The Morgan fingerprint density at radius 1 is 1.26 bits per heavy atom. The Morgan fingerprint density at radius 3 is 2.48 bits per heavy atom. The van der Waals surface area contributed by atoms with Crippen molar-refractivity contribution in [1.82, 2.24) is 4.98 Å². The molecule has 0 atom stereocenters. The van der Waals surface area contributed by atoms with E-state index in [9.17, 15) is 28.1 Å². The van der Waals surface area contributed by atoms with E-state index in [-0.39, 0.29) is 22.5 Å². The average Bonchev–Trinajstić information content (AvgIpc) is 2.48. The summed E-state index contributed by atoms with van der Waals surface area (Å²) in [5.74, 6) is -0.713. The van der Waals surface area contributed by atoms with Crippen molar-refractivity contribution < 1.29 is 22.9 Å². The highest BCUT2D eigenvalue weighted by molar-refractivity contribution is 6.04. The van der Waals surface area contributed by atoms with E-state index in [1.807, 2.05) is 0 Å². The molecule has 0 bridgehead atoms.